The van der Waals surface area contributed by atoms with Crippen LogP contribution in [0.25, 0.3) is 27.7 Å². The van der Waals surface area contributed by atoms with Crippen LogP contribution in [0, 0.1) is 0 Å². The van der Waals surface area contributed by atoms with Gasteiger partial charge in [-0.3, -0.25) is 9.48 Å². The number of amides is 1. The fourth-order valence-corrected chi connectivity index (χ4v) is 4.62. The molecule has 6 aromatic rings. The lowest BCUT2D eigenvalue weighted by atomic mass is 10.0. The number of halogens is 4. The van der Waals surface area contributed by atoms with Gasteiger partial charge in [0.25, 0.3) is 5.91 Å². The lowest BCUT2D eigenvalue weighted by Gasteiger charge is -2.13. The van der Waals surface area contributed by atoms with E-state index in [0.29, 0.717) is 27.3 Å². The Hall–Kier alpha value is -4.70. The zero-order valence-corrected chi connectivity index (χ0v) is 20.8. The molecule has 0 unspecified atom stereocenters. The monoisotopic (exact) mass is 546 g/mol. The van der Waals surface area contributed by atoms with Gasteiger partial charge in [-0.15, -0.1) is 0 Å². The largest absolute Gasteiger partial charge is 0.433 e. The van der Waals surface area contributed by atoms with E-state index in [-0.39, 0.29) is 16.9 Å². The first kappa shape index (κ1) is 24.6. The van der Waals surface area contributed by atoms with Gasteiger partial charge in [0.2, 0.25) is 0 Å². The van der Waals surface area contributed by atoms with Gasteiger partial charge in [0.1, 0.15) is 5.56 Å². The summed E-state index contributed by atoms with van der Waals surface area (Å²) in [5, 5.41) is 12.9. The third kappa shape index (κ3) is 4.70. The quantitative estimate of drug-likeness (QED) is 0.260. The first-order valence-electron chi connectivity index (χ1n) is 11.8. The molecule has 0 atom stereocenters. The van der Waals surface area contributed by atoms with Crippen molar-refractivity contribution in [2.75, 3.05) is 5.32 Å². The molecule has 194 valence electrons. The van der Waals surface area contributed by atoms with E-state index in [1.54, 1.807) is 35.1 Å². The summed E-state index contributed by atoms with van der Waals surface area (Å²) in [4.78, 5) is 17.7. The van der Waals surface area contributed by atoms with Crippen LogP contribution in [0.15, 0.2) is 91.4 Å². The molecular weight excluding hydrogens is 529 g/mol. The van der Waals surface area contributed by atoms with Gasteiger partial charge in [0.05, 0.1) is 30.3 Å². The van der Waals surface area contributed by atoms with E-state index in [2.05, 4.69) is 20.5 Å². The third-order valence-electron chi connectivity index (χ3n) is 6.25. The molecule has 3 aromatic heterocycles. The van der Waals surface area contributed by atoms with Crippen molar-refractivity contribution in [3.63, 3.8) is 0 Å². The zero-order valence-electron chi connectivity index (χ0n) is 20.0. The van der Waals surface area contributed by atoms with Crippen molar-refractivity contribution in [2.45, 2.75) is 12.7 Å². The number of hydrogen-bond donors (Lipinski definition) is 1. The molecule has 0 saturated heterocycles. The van der Waals surface area contributed by atoms with Crippen LogP contribution in [0.5, 0.6) is 0 Å². The molecule has 11 heteroatoms. The Balaban J connectivity index is 1.38. The first-order chi connectivity index (χ1) is 18.8. The molecule has 0 saturated carbocycles. The number of nitrogens with zero attached hydrogens (tertiary/aromatic N) is 5. The molecule has 0 bridgehead atoms. The maximum absolute atomic E-state index is 14.1. The summed E-state index contributed by atoms with van der Waals surface area (Å²) in [5.74, 6) is -0.669. The Morgan fingerprint density at radius 1 is 0.949 bits per heavy atom. The van der Waals surface area contributed by atoms with Gasteiger partial charge >= 0.3 is 6.18 Å². The highest BCUT2D eigenvalue weighted by Crippen LogP contribution is 2.35. The van der Waals surface area contributed by atoms with Gasteiger partial charge in [0.15, 0.2) is 11.3 Å². The predicted molar refractivity (Wildman–Crippen MR) is 142 cm³/mol. The van der Waals surface area contributed by atoms with Gasteiger partial charge in [-0.1, -0.05) is 72.3 Å². The Kier molecular flexibility index (Phi) is 6.03. The van der Waals surface area contributed by atoms with Crippen LogP contribution >= 0.6 is 11.6 Å². The van der Waals surface area contributed by atoms with Crippen molar-refractivity contribution in [3.05, 3.63) is 113 Å². The fraction of sp³-hybridized carbons (Fsp3) is 0.0714. The highest BCUT2D eigenvalue weighted by molar-refractivity contribution is 6.31. The molecule has 0 spiro atoms. The van der Waals surface area contributed by atoms with E-state index < -0.39 is 17.8 Å². The molecule has 0 aliphatic carbocycles. The van der Waals surface area contributed by atoms with Crippen LogP contribution in [-0.4, -0.2) is 30.3 Å². The number of carbonyl (C=O) groups is 1. The number of nitrogens with one attached hydrogen (secondary N) is 1. The number of hydrogen-bond acceptors (Lipinski definition) is 4. The molecule has 1 amide bonds. The van der Waals surface area contributed by atoms with Crippen molar-refractivity contribution in [2.24, 2.45) is 0 Å². The average Bonchev–Trinajstić information content (AvgIpc) is 3.55. The number of benzene rings is 3. The van der Waals surface area contributed by atoms with E-state index in [1.807, 2.05) is 42.5 Å². The molecule has 0 aliphatic rings. The minimum absolute atomic E-state index is 0.0775. The number of aromatic nitrogens is 5. The molecule has 3 aromatic carbocycles. The second-order valence-corrected chi connectivity index (χ2v) is 9.22. The first-order valence-corrected chi connectivity index (χ1v) is 12.2. The van der Waals surface area contributed by atoms with Crippen molar-refractivity contribution in [1.29, 1.82) is 0 Å². The van der Waals surface area contributed by atoms with Gasteiger partial charge in [0, 0.05) is 16.8 Å². The highest BCUT2D eigenvalue weighted by Gasteiger charge is 2.36. The second-order valence-electron chi connectivity index (χ2n) is 8.82. The molecule has 0 aliphatic heterocycles. The van der Waals surface area contributed by atoms with Crippen LogP contribution in [0.4, 0.5) is 18.9 Å². The number of anilines is 1. The molecular formula is C28H18ClF3N6O. The normalized spacial score (nSPS) is 11.8. The third-order valence-corrected chi connectivity index (χ3v) is 6.62. The average molecular weight is 547 g/mol. The van der Waals surface area contributed by atoms with Crippen LogP contribution in [-0.2, 0) is 12.7 Å². The smallest absolute Gasteiger partial charge is 0.319 e. The molecule has 6 rings (SSSR count). The molecule has 3 heterocycles. The van der Waals surface area contributed by atoms with Crippen LogP contribution in [0.2, 0.25) is 5.02 Å². The minimum atomic E-state index is -4.74. The van der Waals surface area contributed by atoms with Crippen molar-refractivity contribution in [3.8, 4) is 11.3 Å². The Labute approximate surface area is 224 Å². The number of alkyl halides is 3. The lowest BCUT2D eigenvalue weighted by molar-refractivity contribution is -0.142. The summed E-state index contributed by atoms with van der Waals surface area (Å²) < 4.78 is 44.5. The Bertz CT molecular complexity index is 1850. The standard InChI is InChI=1S/C28H18ClF3N6O/c29-23-11-4-2-7-18(23)15-37-16-19(13-33-37)35-27(39)22-14-34-38-25(28(30,31)32)12-24(36-26(22)38)21-10-5-8-17-6-1-3-9-20(17)21/h1-14,16H,15H2,(H,35,39). The zero-order chi connectivity index (χ0) is 27.1. The van der Waals surface area contributed by atoms with E-state index >= 15 is 0 Å². The van der Waals surface area contributed by atoms with Gasteiger partial charge < -0.3 is 5.32 Å². The molecule has 0 fully saturated rings. The van der Waals surface area contributed by atoms with Gasteiger partial charge in [-0.05, 0) is 28.5 Å². The van der Waals surface area contributed by atoms with Crippen molar-refractivity contribution < 1.29 is 18.0 Å². The minimum Gasteiger partial charge on any atom is -0.319 e. The summed E-state index contributed by atoms with van der Waals surface area (Å²) in [7, 11) is 0. The summed E-state index contributed by atoms with van der Waals surface area (Å²) in [6.45, 7) is 0.372. The van der Waals surface area contributed by atoms with Gasteiger partial charge in [-0.2, -0.15) is 23.4 Å². The van der Waals surface area contributed by atoms with Crippen molar-refractivity contribution in [1.82, 2.24) is 24.4 Å². The molecule has 39 heavy (non-hydrogen) atoms. The predicted octanol–water partition coefficient (Wildman–Crippen LogP) is 6.72. The summed E-state index contributed by atoms with van der Waals surface area (Å²) in [6, 6.07) is 20.9. The van der Waals surface area contributed by atoms with Crippen LogP contribution in [0.3, 0.4) is 0 Å². The fourth-order valence-electron chi connectivity index (χ4n) is 4.43. The number of fused-ring (bicyclic) bond motifs is 2. The van der Waals surface area contributed by atoms with Crippen LogP contribution < -0.4 is 5.32 Å². The van der Waals surface area contributed by atoms with E-state index in [1.165, 1.54) is 6.20 Å². The lowest BCUT2D eigenvalue weighted by Crippen LogP contribution is -2.15. The maximum atomic E-state index is 14.1. The molecule has 7 nitrogen and oxygen atoms in total. The Morgan fingerprint density at radius 3 is 2.54 bits per heavy atom. The summed E-state index contributed by atoms with van der Waals surface area (Å²) in [6.07, 6.45) is -0.617. The maximum Gasteiger partial charge on any atom is 0.433 e. The molecule has 0 radical (unpaired) electrons. The second kappa shape index (κ2) is 9.55. The highest BCUT2D eigenvalue weighted by atomic mass is 35.5. The molecule has 1 N–H and O–H groups in total. The Morgan fingerprint density at radius 2 is 1.72 bits per heavy atom. The van der Waals surface area contributed by atoms with Gasteiger partial charge in [-0.25, -0.2) is 9.50 Å². The number of carbonyl (C=O) groups excluding carboxylic acids is 1. The number of rotatable bonds is 5. The van der Waals surface area contributed by atoms with Crippen LogP contribution in [0.1, 0.15) is 21.6 Å². The van der Waals surface area contributed by atoms with E-state index in [9.17, 15) is 18.0 Å². The van der Waals surface area contributed by atoms with E-state index in [0.717, 1.165) is 28.6 Å². The van der Waals surface area contributed by atoms with E-state index in [4.69, 9.17) is 11.6 Å². The van der Waals surface area contributed by atoms with Crippen molar-refractivity contribution >= 4 is 39.6 Å². The SMILES string of the molecule is O=C(Nc1cnn(Cc2ccccc2Cl)c1)c1cnn2c(C(F)(F)F)cc(-c3cccc4ccccc34)nc12. The summed E-state index contributed by atoms with van der Waals surface area (Å²) in [5.41, 5.74) is 0.417. The summed E-state index contributed by atoms with van der Waals surface area (Å²) >= 11 is 6.22. The topological polar surface area (TPSA) is 77.1 Å².